The van der Waals surface area contributed by atoms with Gasteiger partial charge in [-0.25, -0.2) is 4.39 Å². The predicted octanol–water partition coefficient (Wildman–Crippen LogP) is 1.92. The second-order valence-electron chi connectivity index (χ2n) is 3.58. The second-order valence-corrected chi connectivity index (χ2v) is 3.58. The van der Waals surface area contributed by atoms with Gasteiger partial charge in [-0.05, 0) is 31.5 Å². The SMILES string of the molecule is CCC(N)C(=O)N(CC)c1cccc(F)c1. The molecule has 4 heteroatoms. The highest BCUT2D eigenvalue weighted by Crippen LogP contribution is 2.16. The molecule has 1 aromatic carbocycles. The number of carbonyl (C=O) groups excluding carboxylic acids is 1. The van der Waals surface area contributed by atoms with Gasteiger partial charge < -0.3 is 10.6 Å². The van der Waals surface area contributed by atoms with Crippen LogP contribution in [0.1, 0.15) is 20.3 Å². The van der Waals surface area contributed by atoms with Crippen LogP contribution in [0.2, 0.25) is 0 Å². The van der Waals surface area contributed by atoms with E-state index in [1.54, 1.807) is 12.1 Å². The van der Waals surface area contributed by atoms with E-state index in [1.165, 1.54) is 17.0 Å². The monoisotopic (exact) mass is 224 g/mol. The van der Waals surface area contributed by atoms with Crippen LogP contribution in [0.25, 0.3) is 0 Å². The minimum Gasteiger partial charge on any atom is -0.320 e. The highest BCUT2D eigenvalue weighted by Gasteiger charge is 2.19. The summed E-state index contributed by atoms with van der Waals surface area (Å²) in [5, 5.41) is 0. The van der Waals surface area contributed by atoms with Crippen LogP contribution in [-0.2, 0) is 4.79 Å². The number of nitrogens with two attached hydrogens (primary N) is 1. The van der Waals surface area contributed by atoms with Crippen molar-refractivity contribution in [1.82, 2.24) is 0 Å². The van der Waals surface area contributed by atoms with Crippen LogP contribution in [0, 0.1) is 5.82 Å². The van der Waals surface area contributed by atoms with Gasteiger partial charge in [-0.1, -0.05) is 13.0 Å². The summed E-state index contributed by atoms with van der Waals surface area (Å²) in [7, 11) is 0. The Morgan fingerprint density at radius 2 is 2.19 bits per heavy atom. The van der Waals surface area contributed by atoms with Crippen molar-refractivity contribution < 1.29 is 9.18 Å². The lowest BCUT2D eigenvalue weighted by atomic mass is 10.2. The summed E-state index contributed by atoms with van der Waals surface area (Å²) >= 11 is 0. The number of benzene rings is 1. The first-order valence-electron chi connectivity index (χ1n) is 5.42. The fraction of sp³-hybridized carbons (Fsp3) is 0.417. The van der Waals surface area contributed by atoms with Gasteiger partial charge in [0.25, 0.3) is 0 Å². The highest BCUT2D eigenvalue weighted by atomic mass is 19.1. The summed E-state index contributed by atoms with van der Waals surface area (Å²) < 4.78 is 13.0. The predicted molar refractivity (Wildman–Crippen MR) is 62.7 cm³/mol. The maximum absolute atomic E-state index is 13.0. The molecule has 1 aromatic rings. The molecular weight excluding hydrogens is 207 g/mol. The molecule has 0 saturated carbocycles. The molecule has 0 radical (unpaired) electrons. The van der Waals surface area contributed by atoms with Crippen LogP contribution < -0.4 is 10.6 Å². The molecule has 88 valence electrons. The molecule has 16 heavy (non-hydrogen) atoms. The number of nitrogens with zero attached hydrogens (tertiary/aromatic N) is 1. The first kappa shape index (κ1) is 12.6. The lowest BCUT2D eigenvalue weighted by Crippen LogP contribution is -2.43. The van der Waals surface area contributed by atoms with Crippen molar-refractivity contribution in [3.8, 4) is 0 Å². The van der Waals surface area contributed by atoms with Crippen molar-refractivity contribution in [2.24, 2.45) is 5.73 Å². The molecule has 2 N–H and O–H groups in total. The number of halogens is 1. The Balaban J connectivity index is 2.94. The molecule has 1 atom stereocenters. The zero-order valence-corrected chi connectivity index (χ0v) is 9.61. The number of carbonyl (C=O) groups is 1. The molecule has 3 nitrogen and oxygen atoms in total. The summed E-state index contributed by atoms with van der Waals surface area (Å²) in [5.74, 6) is -0.524. The maximum atomic E-state index is 13.0. The third-order valence-electron chi connectivity index (χ3n) is 2.46. The molecule has 0 saturated heterocycles. The Labute approximate surface area is 95.0 Å². The minimum atomic E-state index is -0.525. The van der Waals surface area contributed by atoms with E-state index in [0.29, 0.717) is 18.7 Å². The first-order valence-corrected chi connectivity index (χ1v) is 5.42. The molecule has 1 amide bonds. The van der Waals surface area contributed by atoms with E-state index in [0.717, 1.165) is 0 Å². The summed E-state index contributed by atoms with van der Waals surface area (Å²) in [4.78, 5) is 13.4. The largest absolute Gasteiger partial charge is 0.320 e. The number of amides is 1. The lowest BCUT2D eigenvalue weighted by Gasteiger charge is -2.23. The normalized spacial score (nSPS) is 12.2. The molecule has 0 heterocycles. The second kappa shape index (κ2) is 5.61. The van der Waals surface area contributed by atoms with Crippen molar-refractivity contribution in [1.29, 1.82) is 0 Å². The Hall–Kier alpha value is -1.42. The van der Waals surface area contributed by atoms with Gasteiger partial charge >= 0.3 is 0 Å². The number of hydrogen-bond donors (Lipinski definition) is 1. The van der Waals surface area contributed by atoms with Gasteiger partial charge in [-0.15, -0.1) is 0 Å². The summed E-state index contributed by atoms with van der Waals surface area (Å²) in [6.07, 6.45) is 0.574. The molecule has 0 aliphatic rings. The molecule has 1 unspecified atom stereocenters. The van der Waals surface area contributed by atoms with E-state index in [4.69, 9.17) is 5.73 Å². The van der Waals surface area contributed by atoms with Gasteiger partial charge in [0.05, 0.1) is 6.04 Å². The number of rotatable bonds is 4. The van der Waals surface area contributed by atoms with Gasteiger partial charge in [0, 0.05) is 12.2 Å². The molecule has 0 spiro atoms. The van der Waals surface area contributed by atoms with Crippen molar-refractivity contribution >= 4 is 11.6 Å². The van der Waals surface area contributed by atoms with Crippen LogP contribution in [0.15, 0.2) is 24.3 Å². The molecule has 0 bridgehead atoms. The van der Waals surface area contributed by atoms with Crippen LogP contribution in [0.3, 0.4) is 0 Å². The van der Waals surface area contributed by atoms with Gasteiger partial charge in [0.2, 0.25) is 5.91 Å². The summed E-state index contributed by atoms with van der Waals surface area (Å²) in [5.41, 5.74) is 6.24. The highest BCUT2D eigenvalue weighted by molar-refractivity contribution is 5.96. The molecule has 0 aliphatic heterocycles. The zero-order chi connectivity index (χ0) is 12.1. The Morgan fingerprint density at radius 1 is 1.50 bits per heavy atom. The third kappa shape index (κ3) is 2.79. The molecule has 1 rings (SSSR count). The third-order valence-corrected chi connectivity index (χ3v) is 2.46. The van der Waals surface area contributed by atoms with Crippen LogP contribution >= 0.6 is 0 Å². The van der Waals surface area contributed by atoms with Crippen LogP contribution in [0.4, 0.5) is 10.1 Å². The summed E-state index contributed by atoms with van der Waals surface area (Å²) in [6, 6.07) is 5.44. The average Bonchev–Trinajstić information content (AvgIpc) is 2.29. The molecule has 0 aliphatic carbocycles. The van der Waals surface area contributed by atoms with Gasteiger partial charge in [-0.3, -0.25) is 4.79 Å². The molecule has 0 fully saturated rings. The van der Waals surface area contributed by atoms with E-state index in [9.17, 15) is 9.18 Å². The van der Waals surface area contributed by atoms with Crippen molar-refractivity contribution in [3.63, 3.8) is 0 Å². The first-order chi connectivity index (χ1) is 7.60. The van der Waals surface area contributed by atoms with Crippen LogP contribution in [-0.4, -0.2) is 18.5 Å². The summed E-state index contributed by atoms with van der Waals surface area (Å²) in [6.45, 7) is 4.17. The number of hydrogen-bond acceptors (Lipinski definition) is 2. The van der Waals surface area contributed by atoms with E-state index in [-0.39, 0.29) is 11.7 Å². The molecular formula is C12H17FN2O. The van der Waals surface area contributed by atoms with Crippen molar-refractivity contribution in [2.75, 3.05) is 11.4 Å². The van der Waals surface area contributed by atoms with E-state index >= 15 is 0 Å². The van der Waals surface area contributed by atoms with Crippen LogP contribution in [0.5, 0.6) is 0 Å². The zero-order valence-electron chi connectivity index (χ0n) is 9.61. The Kier molecular flexibility index (Phi) is 4.43. The van der Waals surface area contributed by atoms with E-state index < -0.39 is 6.04 Å². The topological polar surface area (TPSA) is 46.3 Å². The van der Waals surface area contributed by atoms with Gasteiger partial charge in [0.1, 0.15) is 5.82 Å². The number of likely N-dealkylation sites (N-methyl/N-ethyl adjacent to an activating group) is 1. The smallest absolute Gasteiger partial charge is 0.243 e. The van der Waals surface area contributed by atoms with Crippen molar-refractivity contribution in [3.05, 3.63) is 30.1 Å². The van der Waals surface area contributed by atoms with Crippen molar-refractivity contribution in [2.45, 2.75) is 26.3 Å². The van der Waals surface area contributed by atoms with E-state index in [1.807, 2.05) is 13.8 Å². The quantitative estimate of drug-likeness (QED) is 0.849. The fourth-order valence-electron chi connectivity index (χ4n) is 1.48. The lowest BCUT2D eigenvalue weighted by molar-refractivity contribution is -0.119. The standard InChI is InChI=1S/C12H17FN2O/c1-3-11(14)12(16)15(4-2)10-7-5-6-9(13)8-10/h5-8,11H,3-4,14H2,1-2H3. The Bertz CT molecular complexity index is 368. The minimum absolute atomic E-state index is 0.171. The fourth-order valence-corrected chi connectivity index (χ4v) is 1.48. The maximum Gasteiger partial charge on any atom is 0.243 e. The number of anilines is 1. The van der Waals surface area contributed by atoms with E-state index in [2.05, 4.69) is 0 Å². The molecule has 0 aromatic heterocycles. The Morgan fingerprint density at radius 3 is 2.69 bits per heavy atom. The van der Waals surface area contributed by atoms with Gasteiger partial charge in [0.15, 0.2) is 0 Å². The average molecular weight is 224 g/mol. The van der Waals surface area contributed by atoms with Gasteiger partial charge in [-0.2, -0.15) is 0 Å².